The highest BCUT2D eigenvalue weighted by atomic mass is 32.2. The number of nitrogens with zero attached hydrogens (tertiary/aromatic N) is 1. The van der Waals surface area contributed by atoms with E-state index in [1.165, 1.54) is 11.2 Å². The molecular formula is C24H20F3N3O5S. The fraction of sp³-hybridized carbons (Fsp3) is 0.250. The van der Waals surface area contributed by atoms with Gasteiger partial charge in [0, 0.05) is 18.2 Å². The lowest BCUT2D eigenvalue weighted by Gasteiger charge is -2.37. The van der Waals surface area contributed by atoms with Crippen molar-refractivity contribution in [1.29, 1.82) is 0 Å². The Morgan fingerprint density at radius 1 is 1.06 bits per heavy atom. The number of furan rings is 1. The van der Waals surface area contributed by atoms with Gasteiger partial charge in [-0.1, -0.05) is 6.07 Å². The lowest BCUT2D eigenvalue weighted by Crippen LogP contribution is -2.54. The Bertz CT molecular complexity index is 1440. The topological polar surface area (TPSA) is 109 Å². The van der Waals surface area contributed by atoms with E-state index in [0.29, 0.717) is 23.1 Å². The summed E-state index contributed by atoms with van der Waals surface area (Å²) in [4.78, 5) is 27.2. The Labute approximate surface area is 204 Å². The van der Waals surface area contributed by atoms with Crippen LogP contribution in [0.3, 0.4) is 0 Å². The molecule has 2 amide bonds. The average molecular weight is 520 g/mol. The number of piperidine rings is 1. The number of sulfonamides is 1. The molecule has 3 aromatic rings. The molecule has 2 N–H and O–H groups in total. The molecule has 1 aromatic heterocycles. The number of hydrogen-bond donors (Lipinski definition) is 2. The third-order valence-corrected chi connectivity index (χ3v) is 7.79. The molecule has 2 aliphatic rings. The summed E-state index contributed by atoms with van der Waals surface area (Å²) < 4.78 is 72.5. The monoisotopic (exact) mass is 519 g/mol. The van der Waals surface area contributed by atoms with Crippen molar-refractivity contribution in [3.05, 3.63) is 72.0 Å². The lowest BCUT2D eigenvalue weighted by molar-refractivity contribution is -0.137. The minimum absolute atomic E-state index is 0.0329. The second kappa shape index (κ2) is 8.79. The molecule has 12 heteroatoms. The van der Waals surface area contributed by atoms with Crippen molar-refractivity contribution in [1.82, 2.24) is 9.62 Å². The first kappa shape index (κ1) is 24.1. The van der Waals surface area contributed by atoms with Gasteiger partial charge in [0.25, 0.3) is 5.91 Å². The zero-order chi connectivity index (χ0) is 25.7. The second-order valence-corrected chi connectivity index (χ2v) is 10.3. The molecule has 5 rings (SSSR count). The molecule has 0 aliphatic carbocycles. The number of anilines is 1. The van der Waals surface area contributed by atoms with Crippen LogP contribution in [0.4, 0.5) is 18.9 Å². The SMILES string of the molecule is O=C1Nc2ccc(-c3ccco3)cc2C(=O)N2CCC(NS(=O)(=O)c3cccc(C(F)(F)F)c3)CC12. The largest absolute Gasteiger partial charge is 0.464 e. The number of hydrogen-bond acceptors (Lipinski definition) is 5. The van der Waals surface area contributed by atoms with Gasteiger partial charge >= 0.3 is 6.18 Å². The Balaban J connectivity index is 1.36. The van der Waals surface area contributed by atoms with Crippen molar-refractivity contribution in [2.75, 3.05) is 11.9 Å². The number of alkyl halides is 3. The number of nitrogens with one attached hydrogen (secondary N) is 2. The number of carbonyl (C=O) groups excluding carboxylic acids is 2. The van der Waals surface area contributed by atoms with Gasteiger partial charge in [0.2, 0.25) is 15.9 Å². The van der Waals surface area contributed by atoms with Crippen LogP contribution in [0.1, 0.15) is 28.8 Å². The molecule has 2 unspecified atom stereocenters. The molecular weight excluding hydrogens is 499 g/mol. The smallest absolute Gasteiger partial charge is 0.416 e. The van der Waals surface area contributed by atoms with E-state index in [2.05, 4.69) is 10.0 Å². The van der Waals surface area contributed by atoms with Crippen LogP contribution in [0.25, 0.3) is 11.3 Å². The quantitative estimate of drug-likeness (QED) is 0.544. The molecule has 0 saturated carbocycles. The number of halogens is 3. The van der Waals surface area contributed by atoms with Crippen LogP contribution in [0.2, 0.25) is 0 Å². The maximum atomic E-state index is 13.3. The summed E-state index contributed by atoms with van der Waals surface area (Å²) in [5, 5.41) is 2.73. The van der Waals surface area contributed by atoms with E-state index in [1.54, 1.807) is 30.3 Å². The predicted octanol–water partition coefficient (Wildman–Crippen LogP) is 3.87. The molecule has 1 fully saturated rings. The van der Waals surface area contributed by atoms with E-state index in [-0.39, 0.29) is 30.9 Å². The normalized spacial score (nSPS) is 20.4. The summed E-state index contributed by atoms with van der Waals surface area (Å²) in [6.45, 7) is 0.0805. The Morgan fingerprint density at radius 2 is 1.86 bits per heavy atom. The van der Waals surface area contributed by atoms with Crippen LogP contribution < -0.4 is 10.0 Å². The van der Waals surface area contributed by atoms with Crippen molar-refractivity contribution >= 4 is 27.5 Å². The highest BCUT2D eigenvalue weighted by molar-refractivity contribution is 7.89. The zero-order valence-corrected chi connectivity index (χ0v) is 19.4. The fourth-order valence-electron chi connectivity index (χ4n) is 4.49. The van der Waals surface area contributed by atoms with Crippen LogP contribution in [0.5, 0.6) is 0 Å². The molecule has 2 atom stereocenters. The number of rotatable bonds is 4. The van der Waals surface area contributed by atoms with Crippen LogP contribution in [-0.4, -0.2) is 43.8 Å². The van der Waals surface area contributed by atoms with Gasteiger partial charge in [-0.25, -0.2) is 13.1 Å². The third-order valence-electron chi connectivity index (χ3n) is 6.27. The molecule has 0 bridgehead atoms. The molecule has 2 aromatic carbocycles. The first-order chi connectivity index (χ1) is 17.0. The third kappa shape index (κ3) is 4.49. The number of benzene rings is 2. The predicted molar refractivity (Wildman–Crippen MR) is 122 cm³/mol. The number of fused-ring (bicyclic) bond motifs is 2. The Hall–Kier alpha value is -3.64. The number of carbonyl (C=O) groups is 2. The summed E-state index contributed by atoms with van der Waals surface area (Å²) in [7, 11) is -4.30. The van der Waals surface area contributed by atoms with Gasteiger partial charge in [0.15, 0.2) is 0 Å². The Morgan fingerprint density at radius 3 is 2.58 bits per heavy atom. The highest BCUT2D eigenvalue weighted by Crippen LogP contribution is 2.33. The van der Waals surface area contributed by atoms with Gasteiger partial charge in [0.05, 0.1) is 28.0 Å². The standard InChI is InChI=1S/C24H20F3N3O5S/c25-24(26,27)15-3-1-4-17(12-15)36(33,34)29-16-8-9-30-20(13-16)22(31)28-19-7-6-14(11-18(19)23(30)32)21-5-2-10-35-21/h1-7,10-12,16,20,29H,8-9,13H2,(H,28,31). The minimum atomic E-state index is -4.69. The van der Waals surface area contributed by atoms with Gasteiger partial charge in [-0.05, 0) is 61.4 Å². The van der Waals surface area contributed by atoms with Gasteiger partial charge in [-0.15, -0.1) is 0 Å². The van der Waals surface area contributed by atoms with E-state index < -0.39 is 44.6 Å². The van der Waals surface area contributed by atoms with Crippen molar-refractivity contribution in [3.63, 3.8) is 0 Å². The Kier molecular flexibility index (Phi) is 5.87. The summed E-state index contributed by atoms with van der Waals surface area (Å²) in [6, 6.07) is 10.1. The van der Waals surface area contributed by atoms with Crippen molar-refractivity contribution in [2.45, 2.75) is 36.0 Å². The van der Waals surface area contributed by atoms with Crippen LogP contribution in [-0.2, 0) is 21.0 Å². The van der Waals surface area contributed by atoms with E-state index in [4.69, 9.17) is 4.42 Å². The minimum Gasteiger partial charge on any atom is -0.464 e. The molecule has 8 nitrogen and oxygen atoms in total. The lowest BCUT2D eigenvalue weighted by atomic mass is 9.97. The fourth-order valence-corrected chi connectivity index (χ4v) is 5.82. The van der Waals surface area contributed by atoms with Crippen molar-refractivity contribution in [2.24, 2.45) is 0 Å². The van der Waals surface area contributed by atoms with Crippen molar-refractivity contribution in [3.8, 4) is 11.3 Å². The molecule has 188 valence electrons. The van der Waals surface area contributed by atoms with E-state index in [1.807, 2.05) is 0 Å². The van der Waals surface area contributed by atoms with Gasteiger partial charge in [-0.2, -0.15) is 13.2 Å². The highest BCUT2D eigenvalue weighted by Gasteiger charge is 2.41. The van der Waals surface area contributed by atoms with Crippen molar-refractivity contribution < 1.29 is 35.6 Å². The maximum absolute atomic E-state index is 13.3. The van der Waals surface area contributed by atoms with Gasteiger partial charge in [0.1, 0.15) is 11.8 Å². The first-order valence-electron chi connectivity index (χ1n) is 11.0. The van der Waals surface area contributed by atoms with E-state index >= 15 is 0 Å². The van der Waals surface area contributed by atoms with Crippen LogP contribution in [0.15, 0.2) is 70.2 Å². The molecule has 0 radical (unpaired) electrons. The number of amides is 2. The average Bonchev–Trinajstić information content (AvgIpc) is 3.35. The first-order valence-corrected chi connectivity index (χ1v) is 12.5. The molecule has 2 aliphatic heterocycles. The summed E-state index contributed by atoms with van der Waals surface area (Å²) in [5.41, 5.74) is 0.183. The maximum Gasteiger partial charge on any atom is 0.416 e. The van der Waals surface area contributed by atoms with Gasteiger partial charge in [-0.3, -0.25) is 9.59 Å². The van der Waals surface area contributed by atoms with E-state index in [0.717, 1.165) is 18.2 Å². The van der Waals surface area contributed by atoms with E-state index in [9.17, 15) is 31.2 Å². The molecule has 36 heavy (non-hydrogen) atoms. The van der Waals surface area contributed by atoms with Crippen LogP contribution in [0, 0.1) is 0 Å². The second-order valence-electron chi connectivity index (χ2n) is 8.61. The zero-order valence-electron chi connectivity index (χ0n) is 18.6. The van der Waals surface area contributed by atoms with Crippen LogP contribution >= 0.6 is 0 Å². The van der Waals surface area contributed by atoms with Gasteiger partial charge < -0.3 is 14.6 Å². The summed E-state index contributed by atoms with van der Waals surface area (Å²) >= 11 is 0. The molecule has 0 spiro atoms. The summed E-state index contributed by atoms with van der Waals surface area (Å²) in [5.74, 6) is -0.308. The summed E-state index contributed by atoms with van der Waals surface area (Å²) in [6.07, 6.45) is -3.04. The molecule has 1 saturated heterocycles. The molecule has 3 heterocycles.